The van der Waals surface area contributed by atoms with Gasteiger partial charge in [-0.25, -0.2) is 14.2 Å². The van der Waals surface area contributed by atoms with Gasteiger partial charge in [0.2, 0.25) is 0 Å². The first kappa shape index (κ1) is 20.0. The first-order chi connectivity index (χ1) is 14.6. The van der Waals surface area contributed by atoms with Crippen LogP contribution < -0.4 is 5.32 Å². The van der Waals surface area contributed by atoms with Crippen LogP contribution in [0.15, 0.2) is 54.6 Å². The standard InChI is InChI=1S/C23H21FN2O4/c24-16-9-7-15(8-10-16)21-12-19(18-5-1-2-6-20(18)26-21)23(28)30-14-22(27)25-13-17-4-3-11-29-17/h1-2,5-10,12,17H,3-4,11,13-14H2,(H,25,27)/t17-/m0/s1. The number of pyridine rings is 1. The molecule has 7 heteroatoms. The Bertz CT molecular complexity index is 1060. The number of ether oxygens (including phenoxy) is 2. The molecule has 1 aromatic heterocycles. The summed E-state index contributed by atoms with van der Waals surface area (Å²) < 4.78 is 24.0. The Hall–Kier alpha value is -3.32. The molecule has 0 saturated carbocycles. The number of aromatic nitrogens is 1. The van der Waals surface area contributed by atoms with Gasteiger partial charge in [-0.2, -0.15) is 0 Å². The van der Waals surface area contributed by atoms with E-state index >= 15 is 0 Å². The van der Waals surface area contributed by atoms with Gasteiger partial charge in [0.05, 0.1) is 22.9 Å². The Kier molecular flexibility index (Phi) is 5.99. The molecule has 3 aromatic rings. The van der Waals surface area contributed by atoms with Crippen LogP contribution in [-0.2, 0) is 14.3 Å². The maximum atomic E-state index is 13.3. The molecule has 2 aromatic carbocycles. The van der Waals surface area contributed by atoms with Gasteiger partial charge in [-0.15, -0.1) is 0 Å². The number of halogens is 1. The fraction of sp³-hybridized carbons (Fsp3) is 0.261. The van der Waals surface area contributed by atoms with Crippen molar-refractivity contribution in [3.05, 3.63) is 66.0 Å². The molecular weight excluding hydrogens is 387 g/mol. The quantitative estimate of drug-likeness (QED) is 0.632. The van der Waals surface area contributed by atoms with E-state index in [-0.39, 0.29) is 24.4 Å². The summed E-state index contributed by atoms with van der Waals surface area (Å²) in [5, 5.41) is 3.34. The Balaban J connectivity index is 1.50. The van der Waals surface area contributed by atoms with Gasteiger partial charge in [0.25, 0.3) is 5.91 Å². The van der Waals surface area contributed by atoms with E-state index in [0.717, 1.165) is 12.8 Å². The molecule has 1 atom stereocenters. The number of nitrogens with one attached hydrogen (secondary N) is 1. The number of para-hydroxylation sites is 1. The summed E-state index contributed by atoms with van der Waals surface area (Å²) in [7, 11) is 0. The van der Waals surface area contributed by atoms with Crippen molar-refractivity contribution in [2.24, 2.45) is 0 Å². The molecule has 0 unspecified atom stereocenters. The van der Waals surface area contributed by atoms with E-state index < -0.39 is 5.97 Å². The highest BCUT2D eigenvalue weighted by molar-refractivity contribution is 6.05. The number of amides is 1. The summed E-state index contributed by atoms with van der Waals surface area (Å²) >= 11 is 0. The van der Waals surface area contributed by atoms with Gasteiger partial charge in [-0.3, -0.25) is 4.79 Å². The molecule has 0 radical (unpaired) electrons. The Morgan fingerprint density at radius 1 is 1.17 bits per heavy atom. The van der Waals surface area contributed by atoms with E-state index in [1.165, 1.54) is 12.1 Å². The number of rotatable bonds is 6. The van der Waals surface area contributed by atoms with Crippen LogP contribution in [0.2, 0.25) is 0 Å². The van der Waals surface area contributed by atoms with Crippen molar-refractivity contribution < 1.29 is 23.5 Å². The highest BCUT2D eigenvalue weighted by Crippen LogP contribution is 2.25. The van der Waals surface area contributed by atoms with Crippen molar-refractivity contribution in [3.63, 3.8) is 0 Å². The summed E-state index contributed by atoms with van der Waals surface area (Å²) in [4.78, 5) is 29.3. The van der Waals surface area contributed by atoms with Crippen LogP contribution in [-0.4, -0.2) is 42.7 Å². The van der Waals surface area contributed by atoms with Crippen LogP contribution in [0.1, 0.15) is 23.2 Å². The maximum Gasteiger partial charge on any atom is 0.339 e. The summed E-state index contributed by atoms with van der Waals surface area (Å²) in [6, 6.07) is 14.6. The molecule has 30 heavy (non-hydrogen) atoms. The van der Waals surface area contributed by atoms with E-state index in [9.17, 15) is 14.0 Å². The Morgan fingerprint density at radius 3 is 2.73 bits per heavy atom. The fourth-order valence-corrected chi connectivity index (χ4v) is 3.41. The number of nitrogens with zero attached hydrogens (tertiary/aromatic N) is 1. The number of benzene rings is 2. The third-order valence-electron chi connectivity index (χ3n) is 4.96. The monoisotopic (exact) mass is 408 g/mol. The maximum absolute atomic E-state index is 13.3. The van der Waals surface area contributed by atoms with Gasteiger partial charge in [-0.05, 0) is 49.2 Å². The topological polar surface area (TPSA) is 77.5 Å². The normalized spacial score (nSPS) is 15.8. The smallest absolute Gasteiger partial charge is 0.339 e. The van der Waals surface area contributed by atoms with E-state index in [1.54, 1.807) is 36.4 Å². The number of fused-ring (bicyclic) bond motifs is 1. The van der Waals surface area contributed by atoms with Crippen LogP contribution in [0, 0.1) is 5.82 Å². The third-order valence-corrected chi connectivity index (χ3v) is 4.96. The minimum absolute atomic E-state index is 0.0204. The van der Waals surface area contributed by atoms with Gasteiger partial charge >= 0.3 is 5.97 Å². The molecule has 1 aliphatic heterocycles. The van der Waals surface area contributed by atoms with Gasteiger partial charge in [0.1, 0.15) is 5.82 Å². The van der Waals surface area contributed by atoms with Crippen molar-refractivity contribution in [1.29, 1.82) is 0 Å². The second kappa shape index (κ2) is 9.00. The predicted molar refractivity (Wildman–Crippen MR) is 109 cm³/mol. The molecule has 1 saturated heterocycles. The molecule has 1 N–H and O–H groups in total. The first-order valence-corrected chi connectivity index (χ1v) is 9.81. The van der Waals surface area contributed by atoms with Gasteiger partial charge in [0, 0.05) is 24.1 Å². The SMILES string of the molecule is O=C(COC(=O)c1cc(-c2ccc(F)cc2)nc2ccccc12)NC[C@@H]1CCCO1. The molecule has 0 spiro atoms. The molecule has 1 aliphatic rings. The summed E-state index contributed by atoms with van der Waals surface area (Å²) in [5.41, 5.74) is 2.09. The number of hydrogen-bond donors (Lipinski definition) is 1. The van der Waals surface area contributed by atoms with Crippen molar-refractivity contribution in [2.75, 3.05) is 19.8 Å². The zero-order chi connectivity index (χ0) is 20.9. The van der Waals surface area contributed by atoms with E-state index in [4.69, 9.17) is 9.47 Å². The number of carbonyl (C=O) groups excluding carboxylic acids is 2. The molecule has 0 bridgehead atoms. The van der Waals surface area contributed by atoms with E-state index in [1.807, 2.05) is 6.07 Å². The molecule has 0 aliphatic carbocycles. The lowest BCUT2D eigenvalue weighted by molar-refractivity contribution is -0.124. The average Bonchev–Trinajstić information content (AvgIpc) is 3.29. The van der Waals surface area contributed by atoms with Crippen LogP contribution in [0.25, 0.3) is 22.2 Å². The highest BCUT2D eigenvalue weighted by atomic mass is 19.1. The minimum atomic E-state index is -0.621. The van der Waals surface area contributed by atoms with Crippen LogP contribution in [0.5, 0.6) is 0 Å². The van der Waals surface area contributed by atoms with Gasteiger partial charge in [0.15, 0.2) is 6.61 Å². The summed E-state index contributed by atoms with van der Waals surface area (Å²) in [6.45, 7) is 0.735. The van der Waals surface area contributed by atoms with Crippen molar-refractivity contribution in [2.45, 2.75) is 18.9 Å². The summed E-state index contributed by atoms with van der Waals surface area (Å²) in [5.74, 6) is -1.35. The third kappa shape index (κ3) is 4.63. The van der Waals surface area contributed by atoms with E-state index in [2.05, 4.69) is 10.3 Å². The number of carbonyl (C=O) groups is 2. The first-order valence-electron chi connectivity index (χ1n) is 9.81. The zero-order valence-electron chi connectivity index (χ0n) is 16.3. The number of esters is 1. The van der Waals surface area contributed by atoms with Crippen molar-refractivity contribution in [3.8, 4) is 11.3 Å². The van der Waals surface area contributed by atoms with Crippen LogP contribution in [0.4, 0.5) is 4.39 Å². The number of hydrogen-bond acceptors (Lipinski definition) is 5. The lowest BCUT2D eigenvalue weighted by Gasteiger charge is -2.12. The largest absolute Gasteiger partial charge is 0.452 e. The van der Waals surface area contributed by atoms with Crippen molar-refractivity contribution >= 4 is 22.8 Å². The molecular formula is C23H21FN2O4. The minimum Gasteiger partial charge on any atom is -0.452 e. The molecule has 6 nitrogen and oxygen atoms in total. The molecule has 1 fully saturated rings. The summed E-state index contributed by atoms with van der Waals surface area (Å²) in [6.07, 6.45) is 1.92. The second-order valence-electron chi connectivity index (χ2n) is 7.09. The van der Waals surface area contributed by atoms with E-state index in [0.29, 0.717) is 40.9 Å². The molecule has 1 amide bonds. The zero-order valence-corrected chi connectivity index (χ0v) is 16.3. The van der Waals surface area contributed by atoms with Crippen LogP contribution in [0.3, 0.4) is 0 Å². The van der Waals surface area contributed by atoms with Gasteiger partial charge < -0.3 is 14.8 Å². The van der Waals surface area contributed by atoms with Gasteiger partial charge in [-0.1, -0.05) is 18.2 Å². The molecule has 4 rings (SSSR count). The molecule has 2 heterocycles. The molecule has 154 valence electrons. The van der Waals surface area contributed by atoms with Crippen LogP contribution >= 0.6 is 0 Å². The lowest BCUT2D eigenvalue weighted by atomic mass is 10.0. The highest BCUT2D eigenvalue weighted by Gasteiger charge is 2.19. The van der Waals surface area contributed by atoms with Crippen molar-refractivity contribution in [1.82, 2.24) is 10.3 Å². The Labute approximate surface area is 173 Å². The fourth-order valence-electron chi connectivity index (χ4n) is 3.41. The predicted octanol–water partition coefficient (Wildman–Crippen LogP) is 3.49. The second-order valence-corrected chi connectivity index (χ2v) is 7.09. The Morgan fingerprint density at radius 2 is 1.97 bits per heavy atom. The average molecular weight is 408 g/mol. The lowest BCUT2D eigenvalue weighted by Crippen LogP contribution is -2.34.